The number of benzene rings is 1. The highest BCUT2D eigenvalue weighted by Crippen LogP contribution is 2.30. The molecule has 0 aromatic heterocycles. The Kier molecular flexibility index (Phi) is 2.03. The summed E-state index contributed by atoms with van der Waals surface area (Å²) in [5.41, 5.74) is 5.13. The van der Waals surface area contributed by atoms with Crippen LogP contribution in [0.4, 0.5) is 0 Å². The molecule has 2 aliphatic rings. The van der Waals surface area contributed by atoms with Crippen LogP contribution in [-0.4, -0.2) is 13.0 Å². The molecule has 0 radical (unpaired) electrons. The molecule has 1 unspecified atom stereocenters. The predicted octanol–water partition coefficient (Wildman–Crippen LogP) is 1.90. The van der Waals surface area contributed by atoms with Crippen LogP contribution in [0.25, 0.3) is 5.70 Å². The fourth-order valence-corrected chi connectivity index (χ4v) is 2.62. The van der Waals surface area contributed by atoms with E-state index < -0.39 is 0 Å². The van der Waals surface area contributed by atoms with Crippen LogP contribution in [0.1, 0.15) is 24.5 Å². The number of fused-ring (bicyclic) bond motifs is 2. The van der Waals surface area contributed by atoms with E-state index in [1.165, 1.54) is 22.3 Å². The summed E-state index contributed by atoms with van der Waals surface area (Å²) in [4.78, 5) is 0. The fraction of sp³-hybridized carbons (Fsp3) is 0.385. The molecule has 82 valence electrons. The van der Waals surface area contributed by atoms with Gasteiger partial charge in [0.2, 0.25) is 0 Å². The Bertz CT molecular complexity index is 481. The Balaban J connectivity index is 2.14. The maximum atomic E-state index is 5.98. The molecular weight excluding hydrogens is 197 g/mol. The Morgan fingerprint density at radius 2 is 2.25 bits per heavy atom. The second-order valence-corrected chi connectivity index (χ2v) is 4.90. The normalized spacial score (nSPS) is 22.4. The highest BCUT2D eigenvalue weighted by Gasteiger charge is 2.33. The van der Waals surface area contributed by atoms with Crippen LogP contribution < -0.4 is 10.8 Å². The first-order chi connectivity index (χ1) is 7.65. The lowest BCUT2D eigenvalue weighted by molar-refractivity contribution is 0.423. The third kappa shape index (κ3) is 1.34. The summed E-state index contributed by atoms with van der Waals surface area (Å²) in [5, 5.41) is 3.51. The molecule has 1 aromatic carbocycles. The minimum Gasteiger partial charge on any atom is -0.557 e. The summed E-state index contributed by atoms with van der Waals surface area (Å²) in [7, 11) is 0. The Morgan fingerprint density at radius 1 is 1.44 bits per heavy atom. The van der Waals surface area contributed by atoms with Gasteiger partial charge in [-0.3, -0.25) is 0 Å². The van der Waals surface area contributed by atoms with E-state index in [1.807, 2.05) is 0 Å². The lowest BCUT2D eigenvalue weighted by Gasteiger charge is -2.24. The molecular formula is C13H16BNO. The maximum absolute atomic E-state index is 5.98. The smallest absolute Gasteiger partial charge is 0.388 e. The predicted molar refractivity (Wildman–Crippen MR) is 67.7 cm³/mol. The van der Waals surface area contributed by atoms with Gasteiger partial charge in [-0.2, -0.15) is 0 Å². The Morgan fingerprint density at radius 3 is 3.06 bits per heavy atom. The van der Waals surface area contributed by atoms with Crippen molar-refractivity contribution in [1.29, 1.82) is 0 Å². The van der Waals surface area contributed by atoms with Gasteiger partial charge in [0.05, 0.1) is 5.70 Å². The van der Waals surface area contributed by atoms with Gasteiger partial charge in [0.25, 0.3) is 0 Å². The van der Waals surface area contributed by atoms with E-state index >= 15 is 0 Å². The highest BCUT2D eigenvalue weighted by molar-refractivity contribution is 6.68. The van der Waals surface area contributed by atoms with Crippen LogP contribution >= 0.6 is 0 Å². The minimum absolute atomic E-state index is 0.181. The quantitative estimate of drug-likeness (QED) is 0.664. The molecule has 2 nitrogen and oxygen atoms in total. The van der Waals surface area contributed by atoms with Crippen molar-refractivity contribution in [2.75, 3.05) is 0 Å². The molecule has 1 N–H and O–H groups in total. The van der Waals surface area contributed by atoms with Crippen molar-refractivity contribution in [3.05, 3.63) is 35.1 Å². The van der Waals surface area contributed by atoms with E-state index in [4.69, 9.17) is 4.65 Å². The molecule has 2 aliphatic heterocycles. The molecule has 0 fully saturated rings. The zero-order valence-corrected chi connectivity index (χ0v) is 10.0. The average Bonchev–Trinajstić information content (AvgIpc) is 2.59. The van der Waals surface area contributed by atoms with Gasteiger partial charge in [-0.25, -0.2) is 0 Å². The molecule has 2 heterocycles. The summed E-state index contributed by atoms with van der Waals surface area (Å²) in [6, 6.07) is 7.11. The van der Waals surface area contributed by atoms with Crippen LogP contribution in [0, 0.1) is 6.92 Å². The van der Waals surface area contributed by atoms with E-state index in [0.29, 0.717) is 6.04 Å². The van der Waals surface area contributed by atoms with Gasteiger partial charge in [-0.15, -0.1) is 0 Å². The summed E-state index contributed by atoms with van der Waals surface area (Å²) in [6.45, 7) is 6.63. The molecule has 0 amide bonds. The first-order valence-electron chi connectivity index (χ1n) is 5.92. The van der Waals surface area contributed by atoms with E-state index in [2.05, 4.69) is 44.2 Å². The topological polar surface area (TPSA) is 21.3 Å². The number of rotatable bonds is 0. The van der Waals surface area contributed by atoms with Crippen molar-refractivity contribution in [3.63, 3.8) is 0 Å². The molecule has 1 aromatic rings. The lowest BCUT2D eigenvalue weighted by Crippen LogP contribution is -2.37. The third-order valence-corrected chi connectivity index (χ3v) is 3.39. The summed E-state index contributed by atoms with van der Waals surface area (Å²) in [6.07, 6.45) is 1.01. The van der Waals surface area contributed by atoms with Crippen LogP contribution in [-0.2, 0) is 4.65 Å². The van der Waals surface area contributed by atoms with Crippen LogP contribution in [0.2, 0.25) is 6.82 Å². The van der Waals surface area contributed by atoms with Gasteiger partial charge in [0.15, 0.2) is 0 Å². The van der Waals surface area contributed by atoms with E-state index in [1.54, 1.807) is 0 Å². The van der Waals surface area contributed by atoms with E-state index in [9.17, 15) is 0 Å². The lowest BCUT2D eigenvalue weighted by atomic mass is 9.60. The summed E-state index contributed by atoms with van der Waals surface area (Å²) >= 11 is 0. The third-order valence-electron chi connectivity index (χ3n) is 3.39. The van der Waals surface area contributed by atoms with E-state index in [0.717, 1.165) is 12.2 Å². The summed E-state index contributed by atoms with van der Waals surface area (Å²) in [5.74, 6) is 1.14. The average molecular weight is 213 g/mol. The van der Waals surface area contributed by atoms with E-state index in [-0.39, 0.29) is 6.92 Å². The molecule has 0 bridgehead atoms. The van der Waals surface area contributed by atoms with Gasteiger partial charge >= 0.3 is 6.92 Å². The molecule has 0 saturated carbocycles. The number of aryl methyl sites for hydroxylation is 1. The maximum Gasteiger partial charge on any atom is 0.388 e. The second-order valence-electron chi connectivity index (χ2n) is 4.90. The van der Waals surface area contributed by atoms with Gasteiger partial charge in [0.1, 0.15) is 5.76 Å². The number of hydrogen-bond acceptors (Lipinski definition) is 2. The standard InChI is InChI=1S/C13H16BNO/c1-8-4-5-10-11(6-8)14(3)16-12-7-9(2)15-13(10)12/h4-6,9,15H,7H2,1-3H3. The van der Waals surface area contributed by atoms with Crippen molar-refractivity contribution >= 4 is 18.1 Å². The SMILES string of the molecule is CB1OC2=C(NC(C)C2)c2ccc(C)cc21. The minimum atomic E-state index is 0.181. The molecule has 0 spiro atoms. The number of nitrogens with one attached hydrogen (secondary N) is 1. The van der Waals surface area contributed by atoms with Crippen molar-refractivity contribution < 1.29 is 4.65 Å². The monoisotopic (exact) mass is 213 g/mol. The Labute approximate surface area is 96.8 Å². The first-order valence-corrected chi connectivity index (χ1v) is 5.92. The molecule has 16 heavy (non-hydrogen) atoms. The van der Waals surface area contributed by atoms with Crippen molar-refractivity contribution in [2.24, 2.45) is 0 Å². The van der Waals surface area contributed by atoms with Gasteiger partial charge in [0, 0.05) is 12.5 Å². The van der Waals surface area contributed by atoms with Crippen LogP contribution in [0.3, 0.4) is 0 Å². The van der Waals surface area contributed by atoms with Gasteiger partial charge in [-0.05, 0) is 31.7 Å². The molecule has 3 heteroatoms. The highest BCUT2D eigenvalue weighted by atomic mass is 16.4. The fourth-order valence-electron chi connectivity index (χ4n) is 2.62. The zero-order chi connectivity index (χ0) is 11.3. The van der Waals surface area contributed by atoms with Gasteiger partial charge < -0.3 is 9.97 Å². The molecule has 1 atom stereocenters. The Hall–Kier alpha value is -1.38. The molecule has 0 aliphatic carbocycles. The van der Waals surface area contributed by atoms with Crippen molar-refractivity contribution in [2.45, 2.75) is 33.1 Å². The largest absolute Gasteiger partial charge is 0.557 e. The second kappa shape index (κ2) is 3.31. The molecule has 0 saturated heterocycles. The molecule has 3 rings (SSSR count). The van der Waals surface area contributed by atoms with Crippen molar-refractivity contribution in [1.82, 2.24) is 5.32 Å². The van der Waals surface area contributed by atoms with Crippen molar-refractivity contribution in [3.8, 4) is 0 Å². The first kappa shape index (κ1) is 9.82. The summed E-state index contributed by atoms with van der Waals surface area (Å²) < 4.78 is 5.98. The van der Waals surface area contributed by atoms with Crippen LogP contribution in [0.15, 0.2) is 24.0 Å². The van der Waals surface area contributed by atoms with Crippen LogP contribution in [0.5, 0.6) is 0 Å². The van der Waals surface area contributed by atoms with Gasteiger partial charge in [-0.1, -0.05) is 23.8 Å². The number of hydrogen-bond donors (Lipinski definition) is 1. The zero-order valence-electron chi connectivity index (χ0n) is 10.0.